The van der Waals surface area contributed by atoms with Crippen LogP contribution in [0.2, 0.25) is 0 Å². The summed E-state index contributed by atoms with van der Waals surface area (Å²) in [6, 6.07) is 0.122. The van der Waals surface area contributed by atoms with Crippen molar-refractivity contribution >= 4 is 11.8 Å². The quantitative estimate of drug-likeness (QED) is 0.649. The van der Waals surface area contributed by atoms with Crippen LogP contribution < -0.4 is 16.0 Å². The van der Waals surface area contributed by atoms with Gasteiger partial charge in [-0.15, -0.1) is 0 Å². The molecule has 1 aliphatic carbocycles. The van der Waals surface area contributed by atoms with Crippen LogP contribution in [0.5, 0.6) is 0 Å². The third-order valence-corrected chi connectivity index (χ3v) is 2.63. The van der Waals surface area contributed by atoms with Crippen molar-refractivity contribution in [1.82, 2.24) is 16.0 Å². The van der Waals surface area contributed by atoms with E-state index in [1.807, 2.05) is 20.8 Å². The summed E-state index contributed by atoms with van der Waals surface area (Å²) < 4.78 is 0. The van der Waals surface area contributed by atoms with Gasteiger partial charge in [0.1, 0.15) is 6.04 Å². The number of rotatable bonds is 6. The summed E-state index contributed by atoms with van der Waals surface area (Å²) in [7, 11) is 0. The number of hydrogen-bond acceptors (Lipinski definition) is 3. The Bertz CT molecular complexity index is 306. The molecule has 3 N–H and O–H groups in total. The normalized spacial score (nSPS) is 17.1. The summed E-state index contributed by atoms with van der Waals surface area (Å²) in [4.78, 5) is 23.3. The van der Waals surface area contributed by atoms with Gasteiger partial charge in [0, 0.05) is 24.5 Å². The molecule has 18 heavy (non-hydrogen) atoms. The third kappa shape index (κ3) is 6.59. The number of carbonyl (C=O) groups excluding carboxylic acids is 2. The molecule has 0 spiro atoms. The van der Waals surface area contributed by atoms with Gasteiger partial charge in [-0.05, 0) is 40.5 Å². The van der Waals surface area contributed by atoms with Gasteiger partial charge < -0.3 is 16.0 Å². The minimum Gasteiger partial charge on any atom is -0.350 e. The van der Waals surface area contributed by atoms with Gasteiger partial charge in [-0.1, -0.05) is 0 Å². The second-order valence-electron chi connectivity index (χ2n) is 6.01. The molecule has 1 saturated carbocycles. The highest BCUT2D eigenvalue weighted by Crippen LogP contribution is 2.18. The van der Waals surface area contributed by atoms with E-state index in [4.69, 9.17) is 0 Å². The molecule has 5 nitrogen and oxygen atoms in total. The first-order chi connectivity index (χ1) is 8.28. The SMILES string of the molecule is CC(NC(=O)CCNC1CC1)C(=O)NC(C)(C)C. The Balaban J connectivity index is 2.18. The highest BCUT2D eigenvalue weighted by Gasteiger charge is 2.22. The monoisotopic (exact) mass is 255 g/mol. The predicted molar refractivity (Wildman–Crippen MR) is 71.1 cm³/mol. The van der Waals surface area contributed by atoms with Crippen molar-refractivity contribution in [3.63, 3.8) is 0 Å². The Morgan fingerprint density at radius 3 is 2.39 bits per heavy atom. The average Bonchev–Trinajstić information content (AvgIpc) is 2.98. The van der Waals surface area contributed by atoms with Gasteiger partial charge in [0.2, 0.25) is 11.8 Å². The first-order valence-electron chi connectivity index (χ1n) is 6.63. The zero-order valence-electron chi connectivity index (χ0n) is 11.8. The molecule has 1 unspecified atom stereocenters. The van der Waals surface area contributed by atoms with E-state index in [0.29, 0.717) is 19.0 Å². The largest absolute Gasteiger partial charge is 0.350 e. The van der Waals surface area contributed by atoms with Crippen LogP contribution in [0.25, 0.3) is 0 Å². The Morgan fingerprint density at radius 2 is 1.89 bits per heavy atom. The molecule has 1 fully saturated rings. The third-order valence-electron chi connectivity index (χ3n) is 2.63. The van der Waals surface area contributed by atoms with Crippen molar-refractivity contribution in [2.75, 3.05) is 6.54 Å². The van der Waals surface area contributed by atoms with Gasteiger partial charge in [0.05, 0.1) is 0 Å². The van der Waals surface area contributed by atoms with Crippen molar-refractivity contribution in [3.8, 4) is 0 Å². The van der Waals surface area contributed by atoms with Crippen LogP contribution in [0, 0.1) is 0 Å². The van der Waals surface area contributed by atoms with Gasteiger partial charge in [-0.3, -0.25) is 9.59 Å². The van der Waals surface area contributed by atoms with E-state index in [1.54, 1.807) is 6.92 Å². The smallest absolute Gasteiger partial charge is 0.242 e. The van der Waals surface area contributed by atoms with Gasteiger partial charge in [0.15, 0.2) is 0 Å². The van der Waals surface area contributed by atoms with Gasteiger partial charge >= 0.3 is 0 Å². The standard InChI is InChI=1S/C13H25N3O2/c1-9(12(18)16-13(2,3)4)15-11(17)7-8-14-10-5-6-10/h9-10,14H,5-8H2,1-4H3,(H,15,17)(H,16,18). The molecule has 0 heterocycles. The number of hydrogen-bond donors (Lipinski definition) is 3. The summed E-state index contributed by atoms with van der Waals surface area (Å²) >= 11 is 0. The van der Waals surface area contributed by atoms with E-state index >= 15 is 0 Å². The molecule has 0 radical (unpaired) electrons. The number of nitrogens with one attached hydrogen (secondary N) is 3. The lowest BCUT2D eigenvalue weighted by Crippen LogP contribution is -2.51. The summed E-state index contributed by atoms with van der Waals surface area (Å²) in [6.45, 7) is 8.13. The topological polar surface area (TPSA) is 70.2 Å². The summed E-state index contributed by atoms with van der Waals surface area (Å²) in [6.07, 6.45) is 2.85. The van der Waals surface area contributed by atoms with E-state index in [1.165, 1.54) is 12.8 Å². The second kappa shape index (κ2) is 6.18. The Hall–Kier alpha value is -1.10. The molecule has 0 aromatic heterocycles. The van der Waals surface area contributed by atoms with Crippen molar-refractivity contribution in [2.45, 2.75) is 64.6 Å². The van der Waals surface area contributed by atoms with Crippen LogP contribution in [-0.2, 0) is 9.59 Å². The predicted octanol–water partition coefficient (Wildman–Crippen LogP) is 0.548. The number of carbonyl (C=O) groups is 2. The maximum atomic E-state index is 11.7. The summed E-state index contributed by atoms with van der Waals surface area (Å²) in [5, 5.41) is 8.81. The molecule has 1 atom stereocenters. The molecular formula is C13H25N3O2. The van der Waals surface area contributed by atoms with Crippen LogP contribution >= 0.6 is 0 Å². The van der Waals surface area contributed by atoms with E-state index in [-0.39, 0.29) is 17.4 Å². The molecule has 1 rings (SSSR count). The van der Waals surface area contributed by atoms with Crippen LogP contribution in [-0.4, -0.2) is 36.0 Å². The van der Waals surface area contributed by atoms with E-state index in [2.05, 4.69) is 16.0 Å². The molecule has 0 saturated heterocycles. The molecule has 104 valence electrons. The first-order valence-corrected chi connectivity index (χ1v) is 6.63. The van der Waals surface area contributed by atoms with Crippen LogP contribution in [0.1, 0.15) is 47.0 Å². The second-order valence-corrected chi connectivity index (χ2v) is 6.01. The molecular weight excluding hydrogens is 230 g/mol. The fourth-order valence-corrected chi connectivity index (χ4v) is 1.53. The number of amides is 2. The Kier molecular flexibility index (Phi) is 5.14. The van der Waals surface area contributed by atoms with Gasteiger partial charge in [-0.25, -0.2) is 0 Å². The molecule has 0 aromatic rings. The molecule has 0 bridgehead atoms. The minimum absolute atomic E-state index is 0.0836. The first kappa shape index (κ1) is 15.0. The zero-order chi connectivity index (χ0) is 13.8. The van der Waals surface area contributed by atoms with Gasteiger partial charge in [0.25, 0.3) is 0 Å². The highest BCUT2D eigenvalue weighted by molar-refractivity contribution is 5.87. The van der Waals surface area contributed by atoms with Gasteiger partial charge in [-0.2, -0.15) is 0 Å². The molecule has 5 heteroatoms. The Labute approximate surface area is 109 Å². The average molecular weight is 255 g/mol. The molecule has 0 aliphatic heterocycles. The maximum Gasteiger partial charge on any atom is 0.242 e. The van der Waals surface area contributed by atoms with Crippen molar-refractivity contribution < 1.29 is 9.59 Å². The Morgan fingerprint density at radius 1 is 1.28 bits per heavy atom. The van der Waals surface area contributed by atoms with Crippen LogP contribution in [0.3, 0.4) is 0 Å². The highest BCUT2D eigenvalue weighted by atomic mass is 16.2. The minimum atomic E-state index is -0.488. The zero-order valence-corrected chi connectivity index (χ0v) is 11.8. The van der Waals surface area contributed by atoms with Crippen LogP contribution in [0.15, 0.2) is 0 Å². The van der Waals surface area contributed by atoms with Crippen molar-refractivity contribution in [2.24, 2.45) is 0 Å². The lowest BCUT2D eigenvalue weighted by molar-refractivity contribution is -0.129. The molecule has 0 aromatic carbocycles. The lowest BCUT2D eigenvalue weighted by atomic mass is 10.1. The summed E-state index contributed by atoms with van der Waals surface area (Å²) in [5.74, 6) is -0.231. The van der Waals surface area contributed by atoms with Crippen molar-refractivity contribution in [1.29, 1.82) is 0 Å². The fourth-order valence-electron chi connectivity index (χ4n) is 1.53. The van der Waals surface area contributed by atoms with E-state index < -0.39 is 6.04 Å². The van der Waals surface area contributed by atoms with Crippen molar-refractivity contribution in [3.05, 3.63) is 0 Å². The van der Waals surface area contributed by atoms with Crippen LogP contribution in [0.4, 0.5) is 0 Å². The molecule has 1 aliphatic rings. The van der Waals surface area contributed by atoms with E-state index in [9.17, 15) is 9.59 Å². The van der Waals surface area contributed by atoms with E-state index in [0.717, 1.165) is 0 Å². The fraction of sp³-hybridized carbons (Fsp3) is 0.846. The lowest BCUT2D eigenvalue weighted by Gasteiger charge is -2.23. The molecule has 2 amide bonds. The summed E-state index contributed by atoms with van der Waals surface area (Å²) in [5.41, 5.74) is -0.274. The maximum absolute atomic E-state index is 11.7.